The lowest BCUT2D eigenvalue weighted by Crippen LogP contribution is -2.56. The number of benzene rings is 1. The van der Waals surface area contributed by atoms with Crippen LogP contribution in [0.25, 0.3) is 0 Å². The summed E-state index contributed by atoms with van der Waals surface area (Å²) in [5.74, 6) is -7.79. The zero-order chi connectivity index (χ0) is 23.8. The molecular formula is C21H25F2NO8. The number of hydrogen-bond acceptors (Lipinski definition) is 8. The number of phenolic OH excluding ortho intramolecular Hbond substituents is 2. The van der Waals surface area contributed by atoms with Crippen LogP contribution in [-0.2, 0) is 25.1 Å². The van der Waals surface area contributed by atoms with Crippen molar-refractivity contribution in [1.82, 2.24) is 0 Å². The molecule has 3 saturated carbocycles. The quantitative estimate of drug-likeness (QED) is 0.249. The molecule has 0 amide bonds. The van der Waals surface area contributed by atoms with Crippen molar-refractivity contribution in [3.63, 3.8) is 0 Å². The number of alkyl halides is 2. The van der Waals surface area contributed by atoms with Gasteiger partial charge in [-0.05, 0) is 42.7 Å². The summed E-state index contributed by atoms with van der Waals surface area (Å²) in [4.78, 5) is 38.3. The minimum absolute atomic E-state index is 0.0117. The van der Waals surface area contributed by atoms with Crippen LogP contribution in [0.3, 0.4) is 0 Å². The van der Waals surface area contributed by atoms with E-state index in [1.807, 2.05) is 13.8 Å². The van der Waals surface area contributed by atoms with Crippen molar-refractivity contribution in [3.05, 3.63) is 33.4 Å². The van der Waals surface area contributed by atoms with Crippen molar-refractivity contribution in [2.75, 3.05) is 13.2 Å². The monoisotopic (exact) mass is 457 g/mol. The smallest absolute Gasteiger partial charge is 0.381 e. The number of Topliss-reactive ketones (excluding diaryl/α,β-unsaturated/α-hetero) is 1. The molecule has 0 saturated heterocycles. The van der Waals surface area contributed by atoms with Crippen molar-refractivity contribution in [2.24, 2.45) is 17.3 Å². The Balaban J connectivity index is 1.70. The fourth-order valence-corrected chi connectivity index (χ4v) is 4.89. The highest BCUT2D eigenvalue weighted by Crippen LogP contribution is 2.64. The lowest BCUT2D eigenvalue weighted by Gasteiger charge is -2.59. The second-order valence-electron chi connectivity index (χ2n) is 8.90. The number of ketones is 1. The molecule has 0 aliphatic heterocycles. The number of phenols is 2. The highest BCUT2D eigenvalue weighted by atomic mass is 19.3. The van der Waals surface area contributed by atoms with E-state index in [-0.39, 0.29) is 54.5 Å². The summed E-state index contributed by atoms with van der Waals surface area (Å²) in [7, 11) is 0. The van der Waals surface area contributed by atoms with Crippen LogP contribution < -0.4 is 0 Å². The van der Waals surface area contributed by atoms with Gasteiger partial charge in [-0.15, -0.1) is 10.1 Å². The molecule has 2 bridgehead atoms. The molecule has 3 atom stereocenters. The van der Waals surface area contributed by atoms with E-state index in [0.717, 1.165) is 0 Å². The number of fused-ring (bicyclic) bond motifs is 2. The molecule has 0 aromatic heterocycles. The molecule has 0 radical (unpaired) electrons. The average Bonchev–Trinajstić information content (AvgIpc) is 2.68. The SMILES string of the molecule is CC1(C)[C@H]2C[C@H]1[C@H](c1c(O)cc(C(F)(F)C(=O)OCCCCO[N+](=O)[O-])cc1O)CC2=O. The van der Waals surface area contributed by atoms with Crippen LogP contribution in [0.4, 0.5) is 8.78 Å². The summed E-state index contributed by atoms with van der Waals surface area (Å²) in [6.45, 7) is 3.21. The number of carbonyl (C=O) groups excluding carboxylic acids is 2. The molecule has 1 aromatic carbocycles. The normalized spacial score (nSPS) is 23.9. The fraction of sp³-hybridized carbons (Fsp3) is 0.619. The van der Waals surface area contributed by atoms with Gasteiger partial charge in [-0.1, -0.05) is 13.8 Å². The number of ether oxygens (including phenoxy) is 1. The molecule has 3 aliphatic carbocycles. The number of rotatable bonds is 9. The molecule has 4 rings (SSSR count). The molecule has 0 unspecified atom stereocenters. The van der Waals surface area contributed by atoms with Crippen LogP contribution >= 0.6 is 0 Å². The van der Waals surface area contributed by atoms with Crippen LogP contribution in [0.2, 0.25) is 0 Å². The molecule has 0 spiro atoms. The van der Waals surface area contributed by atoms with E-state index in [1.165, 1.54) is 0 Å². The molecule has 1 aromatic rings. The van der Waals surface area contributed by atoms with E-state index >= 15 is 0 Å². The molecule has 11 heteroatoms. The van der Waals surface area contributed by atoms with Gasteiger partial charge in [-0.25, -0.2) is 4.79 Å². The average molecular weight is 457 g/mol. The van der Waals surface area contributed by atoms with E-state index in [0.29, 0.717) is 18.6 Å². The Morgan fingerprint density at radius 3 is 2.38 bits per heavy atom. The molecule has 176 valence electrons. The molecule has 3 fully saturated rings. The van der Waals surface area contributed by atoms with Gasteiger partial charge in [0.15, 0.2) is 0 Å². The van der Waals surface area contributed by atoms with Crippen LogP contribution in [0, 0.1) is 27.4 Å². The van der Waals surface area contributed by atoms with Gasteiger partial charge in [-0.2, -0.15) is 8.78 Å². The first-order valence-electron chi connectivity index (χ1n) is 10.3. The van der Waals surface area contributed by atoms with Crippen LogP contribution in [0.15, 0.2) is 12.1 Å². The van der Waals surface area contributed by atoms with E-state index in [4.69, 9.17) is 0 Å². The van der Waals surface area contributed by atoms with Crippen molar-refractivity contribution >= 4 is 11.8 Å². The van der Waals surface area contributed by atoms with Crippen molar-refractivity contribution in [2.45, 2.75) is 51.4 Å². The lowest BCUT2D eigenvalue weighted by atomic mass is 9.44. The summed E-state index contributed by atoms with van der Waals surface area (Å²) < 4.78 is 33.7. The van der Waals surface area contributed by atoms with Crippen molar-refractivity contribution in [1.29, 1.82) is 0 Å². The Bertz CT molecular complexity index is 909. The van der Waals surface area contributed by atoms with E-state index in [2.05, 4.69) is 9.57 Å². The van der Waals surface area contributed by atoms with E-state index < -0.39 is 46.6 Å². The third-order valence-electron chi connectivity index (χ3n) is 6.73. The van der Waals surface area contributed by atoms with Gasteiger partial charge in [0.05, 0.1) is 13.2 Å². The third kappa shape index (κ3) is 4.20. The first-order valence-corrected chi connectivity index (χ1v) is 10.3. The highest BCUT2D eigenvalue weighted by Gasteiger charge is 2.59. The first-order chi connectivity index (χ1) is 14.9. The van der Waals surface area contributed by atoms with Crippen LogP contribution in [0.5, 0.6) is 11.5 Å². The molecule has 2 N–H and O–H groups in total. The van der Waals surface area contributed by atoms with Gasteiger partial charge in [0.25, 0.3) is 5.09 Å². The Morgan fingerprint density at radius 1 is 1.25 bits per heavy atom. The summed E-state index contributed by atoms with van der Waals surface area (Å²) in [6, 6.07) is 1.42. The number of halogens is 2. The first kappa shape index (κ1) is 23.7. The molecular weight excluding hydrogens is 432 g/mol. The Kier molecular flexibility index (Phi) is 6.30. The van der Waals surface area contributed by atoms with Crippen molar-refractivity contribution in [3.8, 4) is 11.5 Å². The van der Waals surface area contributed by atoms with Crippen LogP contribution in [-0.4, -0.2) is 40.3 Å². The largest absolute Gasteiger partial charge is 0.508 e. The van der Waals surface area contributed by atoms with E-state index in [1.54, 1.807) is 0 Å². The highest BCUT2D eigenvalue weighted by molar-refractivity contribution is 5.86. The number of hydrogen-bond donors (Lipinski definition) is 2. The zero-order valence-electron chi connectivity index (χ0n) is 17.7. The Labute approximate surface area is 182 Å². The topological polar surface area (TPSA) is 136 Å². The minimum atomic E-state index is -4.14. The lowest BCUT2D eigenvalue weighted by molar-refractivity contribution is -0.757. The predicted octanol–water partition coefficient (Wildman–Crippen LogP) is 3.44. The minimum Gasteiger partial charge on any atom is -0.508 e. The van der Waals surface area contributed by atoms with Gasteiger partial charge in [-0.3, -0.25) is 4.79 Å². The standard InChI is InChI=1S/C21H25F2NO8/c1-20(2)13-10-14(20)15(25)9-12(13)18-16(26)7-11(8-17(18)27)21(22,23)19(28)31-5-3-4-6-32-24(29)30/h7-8,12-14,26-27H,3-6,9-10H2,1-2H3/t12-,13+,14+/m1/s1. The van der Waals surface area contributed by atoms with Gasteiger partial charge in [0.2, 0.25) is 0 Å². The maximum absolute atomic E-state index is 14.6. The number of nitrogens with zero attached hydrogens (tertiary/aromatic N) is 1. The molecule has 32 heavy (non-hydrogen) atoms. The Hall–Kier alpha value is -2.98. The maximum atomic E-state index is 14.6. The van der Waals surface area contributed by atoms with Gasteiger partial charge >= 0.3 is 11.9 Å². The molecule has 0 heterocycles. The predicted molar refractivity (Wildman–Crippen MR) is 105 cm³/mol. The number of esters is 1. The second-order valence-corrected chi connectivity index (χ2v) is 8.90. The third-order valence-corrected chi connectivity index (χ3v) is 6.73. The Morgan fingerprint density at radius 2 is 1.84 bits per heavy atom. The van der Waals surface area contributed by atoms with Crippen molar-refractivity contribution < 1.29 is 43.2 Å². The summed E-state index contributed by atoms with van der Waals surface area (Å²) >= 11 is 0. The summed E-state index contributed by atoms with van der Waals surface area (Å²) in [5, 5.41) is 29.9. The fourth-order valence-electron chi connectivity index (χ4n) is 4.89. The van der Waals surface area contributed by atoms with Gasteiger partial charge in [0.1, 0.15) is 17.3 Å². The zero-order valence-corrected chi connectivity index (χ0v) is 17.7. The molecule has 9 nitrogen and oxygen atoms in total. The number of unbranched alkanes of at least 4 members (excludes halogenated alkanes) is 1. The second kappa shape index (κ2) is 8.51. The summed E-state index contributed by atoms with van der Waals surface area (Å²) in [5.41, 5.74) is -1.21. The number of carbonyl (C=O) groups is 2. The van der Waals surface area contributed by atoms with Gasteiger partial charge in [0, 0.05) is 29.4 Å². The van der Waals surface area contributed by atoms with E-state index in [9.17, 15) is 38.7 Å². The summed E-state index contributed by atoms with van der Waals surface area (Å²) in [6.07, 6.45) is 0.914. The van der Waals surface area contributed by atoms with Gasteiger partial charge < -0.3 is 19.8 Å². The maximum Gasteiger partial charge on any atom is 0.381 e. The number of aromatic hydroxyl groups is 2. The molecule has 3 aliphatic rings. The van der Waals surface area contributed by atoms with Crippen LogP contribution in [0.1, 0.15) is 56.6 Å².